The van der Waals surface area contributed by atoms with Crippen LogP contribution in [0.25, 0.3) is 5.69 Å². The molecule has 1 fully saturated rings. The molecule has 0 saturated carbocycles. The summed E-state index contributed by atoms with van der Waals surface area (Å²) in [5, 5.41) is 4.98. The maximum absolute atomic E-state index is 6.38. The van der Waals surface area contributed by atoms with Crippen LogP contribution in [0.2, 0.25) is 0 Å². The summed E-state index contributed by atoms with van der Waals surface area (Å²) >= 11 is 0. The highest BCUT2D eigenvalue weighted by atomic mass is 16.5. The van der Waals surface area contributed by atoms with E-state index in [1.807, 2.05) is 29.5 Å². The second-order valence-corrected chi connectivity index (χ2v) is 7.87. The molecule has 6 heteroatoms. The van der Waals surface area contributed by atoms with Gasteiger partial charge in [0.15, 0.2) is 0 Å². The SMILES string of the molecule is c1ccc(-n2cc3c(n2)C2(CCN(CCCn4ccnc4)CC2)OCC3)cc1. The summed E-state index contributed by atoms with van der Waals surface area (Å²) in [7, 11) is 0. The van der Waals surface area contributed by atoms with Crippen molar-refractivity contribution in [3.63, 3.8) is 0 Å². The molecule has 5 rings (SSSR count). The van der Waals surface area contributed by atoms with Gasteiger partial charge in [-0.1, -0.05) is 18.2 Å². The van der Waals surface area contributed by atoms with Crippen LogP contribution in [-0.4, -0.2) is 50.5 Å². The third-order valence-corrected chi connectivity index (χ3v) is 6.11. The first-order valence-electron chi connectivity index (χ1n) is 10.3. The fourth-order valence-electron chi connectivity index (χ4n) is 4.53. The van der Waals surface area contributed by atoms with E-state index in [9.17, 15) is 0 Å². The monoisotopic (exact) mass is 377 g/mol. The first kappa shape index (κ1) is 17.6. The van der Waals surface area contributed by atoms with Gasteiger partial charge in [-0.2, -0.15) is 5.10 Å². The first-order chi connectivity index (χ1) is 13.8. The summed E-state index contributed by atoms with van der Waals surface area (Å²) in [4.78, 5) is 6.68. The minimum atomic E-state index is -0.200. The fourth-order valence-corrected chi connectivity index (χ4v) is 4.53. The van der Waals surface area contributed by atoms with Crippen LogP contribution < -0.4 is 0 Å². The standard InChI is InChI=1S/C22H27N5O/c1-2-5-20(6-3-1)27-17-19-7-16-28-22(21(19)24-27)8-13-25(14-9-22)11-4-12-26-15-10-23-18-26/h1-3,5-6,10,15,17-18H,4,7-9,11-14,16H2. The van der Waals surface area contributed by atoms with Gasteiger partial charge in [-0.25, -0.2) is 9.67 Å². The maximum atomic E-state index is 6.38. The first-order valence-corrected chi connectivity index (χ1v) is 10.3. The number of hydrogen-bond donors (Lipinski definition) is 0. The zero-order chi connectivity index (χ0) is 18.8. The number of benzene rings is 1. The Morgan fingerprint density at radius 2 is 1.93 bits per heavy atom. The van der Waals surface area contributed by atoms with Crippen molar-refractivity contribution in [3.8, 4) is 5.69 Å². The maximum Gasteiger partial charge on any atom is 0.115 e. The van der Waals surface area contributed by atoms with Crippen molar-refractivity contribution < 1.29 is 4.74 Å². The van der Waals surface area contributed by atoms with Crippen molar-refractivity contribution in [2.24, 2.45) is 0 Å². The summed E-state index contributed by atoms with van der Waals surface area (Å²) in [6.07, 6.45) is 12.1. The second kappa shape index (κ2) is 7.53. The van der Waals surface area contributed by atoms with Crippen molar-refractivity contribution in [2.75, 3.05) is 26.2 Å². The van der Waals surface area contributed by atoms with Gasteiger partial charge in [0.2, 0.25) is 0 Å². The molecule has 6 nitrogen and oxygen atoms in total. The van der Waals surface area contributed by atoms with Crippen LogP contribution in [0.15, 0.2) is 55.2 Å². The zero-order valence-electron chi connectivity index (χ0n) is 16.2. The van der Waals surface area contributed by atoms with E-state index in [2.05, 4.69) is 44.9 Å². The Morgan fingerprint density at radius 3 is 2.71 bits per heavy atom. The van der Waals surface area contributed by atoms with Crippen LogP contribution in [0.5, 0.6) is 0 Å². The molecule has 0 amide bonds. The quantitative estimate of drug-likeness (QED) is 0.686. The molecule has 0 aliphatic carbocycles. The van der Waals surface area contributed by atoms with Gasteiger partial charge in [0.1, 0.15) is 5.60 Å². The number of ether oxygens (including phenoxy) is 1. The van der Waals surface area contributed by atoms with E-state index in [0.717, 1.165) is 64.2 Å². The third-order valence-electron chi connectivity index (χ3n) is 6.11. The average Bonchev–Trinajstić information content (AvgIpc) is 3.41. The van der Waals surface area contributed by atoms with E-state index in [0.29, 0.717) is 0 Å². The van der Waals surface area contributed by atoms with Crippen LogP contribution in [0.1, 0.15) is 30.5 Å². The zero-order valence-corrected chi connectivity index (χ0v) is 16.2. The second-order valence-electron chi connectivity index (χ2n) is 7.87. The van der Waals surface area contributed by atoms with Gasteiger partial charge in [-0.15, -0.1) is 0 Å². The lowest BCUT2D eigenvalue weighted by atomic mass is 9.84. The molecule has 146 valence electrons. The number of aromatic nitrogens is 4. The average molecular weight is 377 g/mol. The molecule has 0 unspecified atom stereocenters. The number of nitrogens with zero attached hydrogens (tertiary/aromatic N) is 5. The molecule has 0 atom stereocenters. The van der Waals surface area contributed by atoms with Crippen LogP contribution >= 0.6 is 0 Å². The molecule has 4 heterocycles. The van der Waals surface area contributed by atoms with Crippen LogP contribution in [0, 0.1) is 0 Å². The molecule has 28 heavy (non-hydrogen) atoms. The molecule has 1 saturated heterocycles. The molecule has 1 aromatic carbocycles. The van der Waals surface area contributed by atoms with Crippen LogP contribution in [-0.2, 0) is 23.3 Å². The molecule has 0 bridgehead atoms. The summed E-state index contributed by atoms with van der Waals surface area (Å²) in [6, 6.07) is 10.4. The number of fused-ring (bicyclic) bond motifs is 2. The molecular formula is C22H27N5O. The number of para-hydroxylation sites is 1. The van der Waals surface area contributed by atoms with E-state index >= 15 is 0 Å². The number of imidazole rings is 1. The number of hydrogen-bond acceptors (Lipinski definition) is 4. The van der Waals surface area contributed by atoms with Crippen LogP contribution in [0.3, 0.4) is 0 Å². The van der Waals surface area contributed by atoms with Crippen molar-refractivity contribution in [2.45, 2.75) is 37.8 Å². The van der Waals surface area contributed by atoms with Gasteiger partial charge in [0, 0.05) is 38.2 Å². The Hall–Kier alpha value is -2.44. The summed E-state index contributed by atoms with van der Waals surface area (Å²) in [6.45, 7) is 5.10. The van der Waals surface area contributed by atoms with E-state index < -0.39 is 0 Å². The predicted molar refractivity (Wildman–Crippen MR) is 107 cm³/mol. The molecule has 2 aromatic heterocycles. The highest BCUT2D eigenvalue weighted by Crippen LogP contribution is 2.41. The van der Waals surface area contributed by atoms with Crippen LogP contribution in [0.4, 0.5) is 0 Å². The third kappa shape index (κ3) is 3.38. The number of rotatable bonds is 5. The van der Waals surface area contributed by atoms with Crippen molar-refractivity contribution >= 4 is 0 Å². The van der Waals surface area contributed by atoms with Gasteiger partial charge in [0.05, 0.1) is 24.3 Å². The van der Waals surface area contributed by atoms with E-state index in [1.54, 1.807) is 0 Å². The fraction of sp³-hybridized carbons (Fsp3) is 0.455. The number of piperidine rings is 1. The van der Waals surface area contributed by atoms with E-state index in [1.165, 1.54) is 11.3 Å². The van der Waals surface area contributed by atoms with E-state index in [4.69, 9.17) is 9.84 Å². The lowest BCUT2D eigenvalue weighted by Crippen LogP contribution is -2.47. The summed E-state index contributed by atoms with van der Waals surface area (Å²) in [5.41, 5.74) is 3.43. The van der Waals surface area contributed by atoms with Gasteiger partial charge in [-0.3, -0.25) is 0 Å². The van der Waals surface area contributed by atoms with Gasteiger partial charge >= 0.3 is 0 Å². The lowest BCUT2D eigenvalue weighted by Gasteiger charge is -2.43. The Bertz CT molecular complexity index is 894. The Balaban J connectivity index is 1.26. The molecule has 2 aliphatic heterocycles. The van der Waals surface area contributed by atoms with Crippen molar-refractivity contribution in [3.05, 3.63) is 66.5 Å². The highest BCUT2D eigenvalue weighted by Gasteiger charge is 2.43. The summed E-state index contributed by atoms with van der Waals surface area (Å²) in [5.74, 6) is 0. The molecule has 0 N–H and O–H groups in total. The van der Waals surface area contributed by atoms with Gasteiger partial charge in [0.25, 0.3) is 0 Å². The normalized spacial score (nSPS) is 19.0. The van der Waals surface area contributed by atoms with Gasteiger partial charge in [-0.05, 0) is 49.9 Å². The summed E-state index contributed by atoms with van der Waals surface area (Å²) < 4.78 is 10.6. The topological polar surface area (TPSA) is 48.1 Å². The Labute approximate surface area is 165 Å². The largest absolute Gasteiger partial charge is 0.368 e. The Morgan fingerprint density at radius 1 is 1.07 bits per heavy atom. The molecule has 3 aromatic rings. The molecule has 2 aliphatic rings. The van der Waals surface area contributed by atoms with Crippen molar-refractivity contribution in [1.82, 2.24) is 24.2 Å². The van der Waals surface area contributed by atoms with Gasteiger partial charge < -0.3 is 14.2 Å². The molecular weight excluding hydrogens is 350 g/mol. The lowest BCUT2D eigenvalue weighted by molar-refractivity contribution is -0.101. The van der Waals surface area contributed by atoms with Crippen molar-refractivity contribution in [1.29, 1.82) is 0 Å². The number of aryl methyl sites for hydroxylation is 1. The highest BCUT2D eigenvalue weighted by molar-refractivity contribution is 5.35. The smallest absolute Gasteiger partial charge is 0.115 e. The Kier molecular flexibility index (Phi) is 4.74. The number of likely N-dealkylation sites (tertiary alicyclic amines) is 1. The minimum Gasteiger partial charge on any atom is -0.368 e. The molecule has 0 radical (unpaired) electrons. The minimum absolute atomic E-state index is 0.200. The van der Waals surface area contributed by atoms with E-state index in [-0.39, 0.29) is 5.60 Å². The predicted octanol–water partition coefficient (Wildman–Crippen LogP) is 3.02. The molecule has 1 spiro atoms.